The molecular formula is C13H26N2O2. The Kier molecular flexibility index (Phi) is 4.95. The highest BCUT2D eigenvalue weighted by molar-refractivity contribution is 5.77. The van der Waals surface area contributed by atoms with Gasteiger partial charge in [0.05, 0.1) is 0 Å². The molecule has 1 saturated carbocycles. The molecule has 1 fully saturated rings. The summed E-state index contributed by atoms with van der Waals surface area (Å²) < 4.78 is 0. The fourth-order valence-electron chi connectivity index (χ4n) is 2.22. The zero-order valence-corrected chi connectivity index (χ0v) is 11.2. The standard InChI is InChI=1S/C13H26N2O2/c1-13(2,3)11(14)7-12(17)15-10-6-4-5-9(10)8-16/h9-11,16H,4-8,14H2,1-3H3,(H,15,17). The van der Waals surface area contributed by atoms with E-state index in [9.17, 15) is 9.90 Å². The van der Waals surface area contributed by atoms with Crippen LogP contribution in [0.3, 0.4) is 0 Å². The largest absolute Gasteiger partial charge is 0.396 e. The van der Waals surface area contributed by atoms with Gasteiger partial charge in [-0.05, 0) is 18.3 Å². The predicted octanol–water partition coefficient (Wildman–Crippen LogP) is 1.03. The van der Waals surface area contributed by atoms with Gasteiger partial charge in [0.15, 0.2) is 0 Å². The van der Waals surface area contributed by atoms with Crippen LogP contribution in [0.1, 0.15) is 46.5 Å². The van der Waals surface area contributed by atoms with Crippen LogP contribution in [0.5, 0.6) is 0 Å². The van der Waals surface area contributed by atoms with Gasteiger partial charge in [0.1, 0.15) is 0 Å². The zero-order chi connectivity index (χ0) is 13.1. The number of hydrogen-bond acceptors (Lipinski definition) is 3. The Morgan fingerprint density at radius 2 is 2.12 bits per heavy atom. The fourth-order valence-corrected chi connectivity index (χ4v) is 2.22. The number of carbonyl (C=O) groups is 1. The Labute approximate surface area is 104 Å². The lowest BCUT2D eigenvalue weighted by molar-refractivity contribution is -0.123. The maximum absolute atomic E-state index is 11.8. The van der Waals surface area contributed by atoms with Gasteiger partial charge in [-0.15, -0.1) is 0 Å². The molecule has 0 aromatic rings. The molecule has 100 valence electrons. The Bertz CT molecular complexity index is 261. The van der Waals surface area contributed by atoms with Crippen molar-refractivity contribution in [1.29, 1.82) is 0 Å². The number of hydrogen-bond donors (Lipinski definition) is 3. The van der Waals surface area contributed by atoms with Gasteiger partial charge in [-0.3, -0.25) is 4.79 Å². The first-order valence-electron chi connectivity index (χ1n) is 6.50. The topological polar surface area (TPSA) is 75.4 Å². The Hall–Kier alpha value is -0.610. The first-order chi connectivity index (χ1) is 7.84. The van der Waals surface area contributed by atoms with Crippen molar-refractivity contribution in [3.05, 3.63) is 0 Å². The van der Waals surface area contributed by atoms with Crippen LogP contribution in [0.15, 0.2) is 0 Å². The third-order valence-electron chi connectivity index (χ3n) is 3.76. The summed E-state index contributed by atoms with van der Waals surface area (Å²) in [5.74, 6) is 0.239. The quantitative estimate of drug-likeness (QED) is 0.689. The van der Waals surface area contributed by atoms with Gasteiger partial charge >= 0.3 is 0 Å². The van der Waals surface area contributed by atoms with Crippen LogP contribution >= 0.6 is 0 Å². The molecule has 1 aliphatic rings. The minimum Gasteiger partial charge on any atom is -0.396 e. The third kappa shape index (κ3) is 4.28. The number of carbonyl (C=O) groups excluding carboxylic acids is 1. The van der Waals surface area contributed by atoms with Crippen LogP contribution in [0, 0.1) is 11.3 Å². The van der Waals surface area contributed by atoms with Gasteiger partial charge in [0.2, 0.25) is 5.91 Å². The molecule has 1 amide bonds. The Balaban J connectivity index is 2.39. The van der Waals surface area contributed by atoms with Gasteiger partial charge in [-0.2, -0.15) is 0 Å². The molecule has 0 radical (unpaired) electrons. The van der Waals surface area contributed by atoms with Crippen molar-refractivity contribution >= 4 is 5.91 Å². The SMILES string of the molecule is CC(C)(C)C(N)CC(=O)NC1CCCC1CO. The van der Waals surface area contributed by atoms with E-state index in [4.69, 9.17) is 5.73 Å². The highest BCUT2D eigenvalue weighted by Crippen LogP contribution is 2.25. The summed E-state index contributed by atoms with van der Waals surface area (Å²) in [6.07, 6.45) is 3.42. The average molecular weight is 242 g/mol. The smallest absolute Gasteiger partial charge is 0.221 e. The van der Waals surface area contributed by atoms with E-state index < -0.39 is 0 Å². The molecule has 17 heavy (non-hydrogen) atoms. The van der Waals surface area contributed by atoms with Gasteiger partial charge in [-0.1, -0.05) is 27.2 Å². The van der Waals surface area contributed by atoms with E-state index in [1.165, 1.54) is 0 Å². The highest BCUT2D eigenvalue weighted by atomic mass is 16.3. The molecule has 0 aliphatic heterocycles. The molecule has 0 aromatic carbocycles. The molecule has 4 nitrogen and oxygen atoms in total. The highest BCUT2D eigenvalue weighted by Gasteiger charge is 2.29. The Morgan fingerprint density at radius 3 is 2.65 bits per heavy atom. The maximum Gasteiger partial charge on any atom is 0.221 e. The lowest BCUT2D eigenvalue weighted by Gasteiger charge is -2.27. The Morgan fingerprint density at radius 1 is 1.47 bits per heavy atom. The van der Waals surface area contributed by atoms with E-state index in [0.29, 0.717) is 6.42 Å². The molecule has 3 atom stereocenters. The van der Waals surface area contributed by atoms with Crippen LogP contribution in [-0.4, -0.2) is 29.7 Å². The van der Waals surface area contributed by atoms with Gasteiger partial charge < -0.3 is 16.2 Å². The second-order valence-electron chi connectivity index (χ2n) is 6.22. The normalized spacial score (nSPS) is 26.9. The molecule has 1 aliphatic carbocycles. The van der Waals surface area contributed by atoms with Crippen molar-refractivity contribution in [1.82, 2.24) is 5.32 Å². The van der Waals surface area contributed by atoms with E-state index in [1.807, 2.05) is 20.8 Å². The lowest BCUT2D eigenvalue weighted by Crippen LogP contribution is -2.44. The van der Waals surface area contributed by atoms with Crippen molar-refractivity contribution < 1.29 is 9.90 Å². The lowest BCUT2D eigenvalue weighted by atomic mass is 9.85. The maximum atomic E-state index is 11.8. The van der Waals surface area contributed by atoms with Crippen molar-refractivity contribution in [2.75, 3.05) is 6.61 Å². The van der Waals surface area contributed by atoms with Gasteiger partial charge in [-0.25, -0.2) is 0 Å². The number of nitrogens with one attached hydrogen (secondary N) is 1. The summed E-state index contributed by atoms with van der Waals surface area (Å²) in [6.45, 7) is 6.28. The molecule has 1 rings (SSSR count). The fraction of sp³-hybridized carbons (Fsp3) is 0.923. The summed E-state index contributed by atoms with van der Waals surface area (Å²) in [7, 11) is 0. The first-order valence-corrected chi connectivity index (χ1v) is 6.50. The number of nitrogens with two attached hydrogens (primary N) is 1. The van der Waals surface area contributed by atoms with Crippen LogP contribution in [0.4, 0.5) is 0 Å². The van der Waals surface area contributed by atoms with E-state index in [1.54, 1.807) is 0 Å². The number of amides is 1. The average Bonchev–Trinajstić information content (AvgIpc) is 2.63. The number of aliphatic hydroxyl groups excluding tert-OH is 1. The summed E-state index contributed by atoms with van der Waals surface area (Å²) in [5, 5.41) is 12.2. The monoisotopic (exact) mass is 242 g/mol. The van der Waals surface area contributed by atoms with Crippen LogP contribution < -0.4 is 11.1 Å². The van der Waals surface area contributed by atoms with Gasteiger partial charge in [0, 0.05) is 31.0 Å². The second-order valence-corrected chi connectivity index (χ2v) is 6.22. The molecule has 4 N–H and O–H groups in total. The van der Waals surface area contributed by atoms with Crippen molar-refractivity contribution in [3.8, 4) is 0 Å². The molecule has 0 heterocycles. The molecule has 0 spiro atoms. The second kappa shape index (κ2) is 5.83. The van der Waals surface area contributed by atoms with E-state index in [0.717, 1.165) is 19.3 Å². The first kappa shape index (κ1) is 14.5. The van der Waals surface area contributed by atoms with E-state index in [2.05, 4.69) is 5.32 Å². The summed E-state index contributed by atoms with van der Waals surface area (Å²) >= 11 is 0. The minimum absolute atomic E-state index is 0.0118. The summed E-state index contributed by atoms with van der Waals surface area (Å²) in [5.41, 5.74) is 5.93. The third-order valence-corrected chi connectivity index (χ3v) is 3.76. The zero-order valence-electron chi connectivity index (χ0n) is 11.2. The molecule has 0 aromatic heterocycles. The summed E-state index contributed by atoms with van der Waals surface area (Å²) in [4.78, 5) is 11.8. The van der Waals surface area contributed by atoms with Crippen molar-refractivity contribution in [2.45, 2.75) is 58.5 Å². The van der Waals surface area contributed by atoms with Crippen LogP contribution in [0.25, 0.3) is 0 Å². The van der Waals surface area contributed by atoms with E-state index >= 15 is 0 Å². The summed E-state index contributed by atoms with van der Waals surface area (Å²) in [6, 6.07) is 0.0103. The molecule has 0 saturated heterocycles. The molecule has 4 heteroatoms. The van der Waals surface area contributed by atoms with Crippen molar-refractivity contribution in [3.63, 3.8) is 0 Å². The predicted molar refractivity (Wildman–Crippen MR) is 68.4 cm³/mol. The molecule has 3 unspecified atom stereocenters. The van der Waals surface area contributed by atoms with Crippen LogP contribution in [0.2, 0.25) is 0 Å². The minimum atomic E-state index is -0.128. The number of rotatable bonds is 4. The van der Waals surface area contributed by atoms with Gasteiger partial charge in [0.25, 0.3) is 0 Å². The molecule has 0 bridgehead atoms. The number of aliphatic hydroxyl groups is 1. The van der Waals surface area contributed by atoms with Crippen molar-refractivity contribution in [2.24, 2.45) is 17.1 Å². The van der Waals surface area contributed by atoms with Crippen LogP contribution in [-0.2, 0) is 4.79 Å². The van der Waals surface area contributed by atoms with E-state index in [-0.39, 0.29) is 35.9 Å². The molecular weight excluding hydrogens is 216 g/mol.